The molecule has 1 aliphatic heterocycles. The number of aliphatic hydroxyl groups is 1. The molecule has 2 unspecified atom stereocenters. The van der Waals surface area contributed by atoms with Gasteiger partial charge in [-0.15, -0.1) is 12.3 Å². The van der Waals surface area contributed by atoms with Crippen LogP contribution < -0.4 is 0 Å². The molecule has 0 radical (unpaired) electrons. The van der Waals surface area contributed by atoms with Gasteiger partial charge >= 0.3 is 0 Å². The second kappa shape index (κ2) is 2.86. The van der Waals surface area contributed by atoms with Gasteiger partial charge in [0.2, 0.25) is 0 Å². The maximum absolute atomic E-state index is 9.00. The summed E-state index contributed by atoms with van der Waals surface area (Å²) >= 11 is 0. The fraction of sp³-hybridized carbons (Fsp3) is 0.714. The van der Waals surface area contributed by atoms with E-state index in [4.69, 9.17) is 16.3 Å². The van der Waals surface area contributed by atoms with Crippen LogP contribution in [0.2, 0.25) is 0 Å². The van der Waals surface area contributed by atoms with Gasteiger partial charge in [0.25, 0.3) is 0 Å². The van der Waals surface area contributed by atoms with Gasteiger partial charge in [-0.3, -0.25) is 0 Å². The Balaban J connectivity index is 2.33. The summed E-state index contributed by atoms with van der Waals surface area (Å²) in [6, 6.07) is 0. The lowest BCUT2D eigenvalue weighted by Gasteiger charge is -2.07. The van der Waals surface area contributed by atoms with Crippen LogP contribution in [0.5, 0.6) is 0 Å². The first-order chi connectivity index (χ1) is 4.34. The molecule has 0 aliphatic carbocycles. The standard InChI is InChI=1S/C7H10O2/c1-2-3-6-4-5-9-7(6)8/h1,6-8H,3-5H2. The molecule has 1 rings (SSSR count). The Morgan fingerprint density at radius 3 is 3.00 bits per heavy atom. The molecule has 1 saturated heterocycles. The van der Waals surface area contributed by atoms with Crippen LogP contribution in [-0.2, 0) is 4.74 Å². The first kappa shape index (κ1) is 6.60. The fourth-order valence-corrected chi connectivity index (χ4v) is 0.973. The van der Waals surface area contributed by atoms with Gasteiger partial charge in [0.15, 0.2) is 6.29 Å². The van der Waals surface area contributed by atoms with Crippen molar-refractivity contribution in [1.29, 1.82) is 0 Å². The summed E-state index contributed by atoms with van der Waals surface area (Å²) in [6.07, 6.45) is 5.96. The molecular weight excluding hydrogens is 116 g/mol. The van der Waals surface area contributed by atoms with Crippen LogP contribution in [-0.4, -0.2) is 18.0 Å². The van der Waals surface area contributed by atoms with Gasteiger partial charge in [0.05, 0.1) is 6.61 Å². The van der Waals surface area contributed by atoms with E-state index >= 15 is 0 Å². The van der Waals surface area contributed by atoms with E-state index in [-0.39, 0.29) is 5.92 Å². The molecule has 50 valence electrons. The first-order valence-electron chi connectivity index (χ1n) is 3.07. The molecular formula is C7H10O2. The van der Waals surface area contributed by atoms with E-state index < -0.39 is 6.29 Å². The summed E-state index contributed by atoms with van der Waals surface area (Å²) in [4.78, 5) is 0. The summed E-state index contributed by atoms with van der Waals surface area (Å²) in [7, 11) is 0. The van der Waals surface area contributed by atoms with Crippen molar-refractivity contribution in [3.05, 3.63) is 0 Å². The quantitative estimate of drug-likeness (QED) is 0.514. The Morgan fingerprint density at radius 1 is 1.78 bits per heavy atom. The average molecular weight is 126 g/mol. The molecule has 0 aromatic heterocycles. The van der Waals surface area contributed by atoms with Crippen LogP contribution >= 0.6 is 0 Å². The van der Waals surface area contributed by atoms with Crippen molar-refractivity contribution in [2.45, 2.75) is 19.1 Å². The minimum absolute atomic E-state index is 0.176. The average Bonchev–Trinajstić information content (AvgIpc) is 2.18. The summed E-state index contributed by atoms with van der Waals surface area (Å²) in [5.74, 6) is 2.68. The molecule has 1 N–H and O–H groups in total. The molecule has 2 atom stereocenters. The molecule has 1 aliphatic rings. The fourth-order valence-electron chi connectivity index (χ4n) is 0.973. The van der Waals surface area contributed by atoms with Crippen LogP contribution in [0, 0.1) is 18.3 Å². The Kier molecular flexibility index (Phi) is 2.10. The predicted octanol–water partition coefficient (Wildman–Crippen LogP) is 0.365. The molecule has 2 nitrogen and oxygen atoms in total. The van der Waals surface area contributed by atoms with Crippen molar-refractivity contribution in [2.24, 2.45) is 5.92 Å². The van der Waals surface area contributed by atoms with Crippen molar-refractivity contribution in [2.75, 3.05) is 6.61 Å². The lowest BCUT2D eigenvalue weighted by atomic mass is 10.0. The van der Waals surface area contributed by atoms with E-state index in [2.05, 4.69) is 5.92 Å². The van der Waals surface area contributed by atoms with E-state index in [1.807, 2.05) is 0 Å². The maximum Gasteiger partial charge on any atom is 0.158 e. The highest BCUT2D eigenvalue weighted by atomic mass is 16.6. The lowest BCUT2D eigenvalue weighted by Crippen LogP contribution is -2.13. The molecule has 0 bridgehead atoms. The van der Waals surface area contributed by atoms with Gasteiger partial charge in [-0.05, 0) is 6.42 Å². The Bertz CT molecular complexity index is 125. The largest absolute Gasteiger partial charge is 0.368 e. The van der Waals surface area contributed by atoms with Crippen LogP contribution in [0.4, 0.5) is 0 Å². The number of terminal acetylenes is 1. The summed E-state index contributed by atoms with van der Waals surface area (Å²) < 4.78 is 4.88. The van der Waals surface area contributed by atoms with Gasteiger partial charge < -0.3 is 9.84 Å². The monoisotopic (exact) mass is 126 g/mol. The number of rotatable bonds is 1. The third-order valence-electron chi connectivity index (χ3n) is 1.56. The Hall–Kier alpha value is -0.520. The van der Waals surface area contributed by atoms with Crippen LogP contribution in [0.1, 0.15) is 12.8 Å². The van der Waals surface area contributed by atoms with Gasteiger partial charge in [-0.2, -0.15) is 0 Å². The number of hydrogen-bond donors (Lipinski definition) is 1. The van der Waals surface area contributed by atoms with Crippen LogP contribution in [0.3, 0.4) is 0 Å². The van der Waals surface area contributed by atoms with Crippen molar-refractivity contribution >= 4 is 0 Å². The second-order valence-electron chi connectivity index (χ2n) is 2.22. The third kappa shape index (κ3) is 1.44. The minimum Gasteiger partial charge on any atom is -0.368 e. The highest BCUT2D eigenvalue weighted by Crippen LogP contribution is 2.20. The normalized spacial score (nSPS) is 34.2. The second-order valence-corrected chi connectivity index (χ2v) is 2.22. The Morgan fingerprint density at radius 2 is 2.56 bits per heavy atom. The molecule has 9 heavy (non-hydrogen) atoms. The zero-order chi connectivity index (χ0) is 6.69. The predicted molar refractivity (Wildman–Crippen MR) is 33.5 cm³/mol. The van der Waals surface area contributed by atoms with Crippen molar-refractivity contribution in [1.82, 2.24) is 0 Å². The van der Waals surface area contributed by atoms with Crippen molar-refractivity contribution in [3.63, 3.8) is 0 Å². The number of aliphatic hydroxyl groups excluding tert-OH is 1. The van der Waals surface area contributed by atoms with Gasteiger partial charge in [-0.25, -0.2) is 0 Å². The molecule has 0 aromatic carbocycles. The molecule has 0 saturated carbocycles. The minimum atomic E-state index is -0.610. The molecule has 1 fully saturated rings. The molecule has 2 heteroatoms. The van der Waals surface area contributed by atoms with E-state index in [0.29, 0.717) is 13.0 Å². The van der Waals surface area contributed by atoms with Gasteiger partial charge in [0, 0.05) is 12.3 Å². The van der Waals surface area contributed by atoms with E-state index in [1.165, 1.54) is 0 Å². The smallest absolute Gasteiger partial charge is 0.158 e. The maximum atomic E-state index is 9.00. The van der Waals surface area contributed by atoms with Gasteiger partial charge in [-0.1, -0.05) is 0 Å². The van der Waals surface area contributed by atoms with Crippen LogP contribution in [0.15, 0.2) is 0 Å². The SMILES string of the molecule is C#CCC1CCOC1O. The van der Waals surface area contributed by atoms with Crippen molar-refractivity contribution in [3.8, 4) is 12.3 Å². The third-order valence-corrected chi connectivity index (χ3v) is 1.56. The summed E-state index contributed by atoms with van der Waals surface area (Å²) in [6.45, 7) is 0.646. The highest BCUT2D eigenvalue weighted by molar-refractivity contribution is 4.88. The Labute approximate surface area is 54.8 Å². The molecule has 1 heterocycles. The van der Waals surface area contributed by atoms with E-state index in [9.17, 15) is 0 Å². The highest BCUT2D eigenvalue weighted by Gasteiger charge is 2.24. The van der Waals surface area contributed by atoms with Gasteiger partial charge in [0.1, 0.15) is 0 Å². The molecule has 0 spiro atoms. The van der Waals surface area contributed by atoms with E-state index in [0.717, 1.165) is 6.42 Å². The van der Waals surface area contributed by atoms with E-state index in [1.54, 1.807) is 0 Å². The molecule has 0 amide bonds. The summed E-state index contributed by atoms with van der Waals surface area (Å²) in [5.41, 5.74) is 0. The zero-order valence-electron chi connectivity index (χ0n) is 5.21. The first-order valence-corrected chi connectivity index (χ1v) is 3.07. The zero-order valence-corrected chi connectivity index (χ0v) is 5.21. The number of hydrogen-bond acceptors (Lipinski definition) is 2. The lowest BCUT2D eigenvalue weighted by molar-refractivity contribution is -0.0810. The van der Waals surface area contributed by atoms with Crippen molar-refractivity contribution < 1.29 is 9.84 Å². The molecule has 0 aromatic rings. The summed E-state index contributed by atoms with van der Waals surface area (Å²) in [5, 5.41) is 9.00. The topological polar surface area (TPSA) is 29.5 Å². The van der Waals surface area contributed by atoms with Crippen LogP contribution in [0.25, 0.3) is 0 Å². The number of ether oxygens (including phenoxy) is 1.